The molecule has 0 fully saturated rings. The second kappa shape index (κ2) is 8.63. The summed E-state index contributed by atoms with van der Waals surface area (Å²) in [5.74, 6) is -0.958. The average molecular weight is 339 g/mol. The lowest BCUT2D eigenvalue weighted by molar-refractivity contribution is -0.127. The summed E-state index contributed by atoms with van der Waals surface area (Å²) in [4.78, 5) is 34.9. The Morgan fingerprint density at radius 1 is 0.880 bits per heavy atom. The van der Waals surface area contributed by atoms with Crippen LogP contribution in [0.5, 0.6) is 0 Å². The van der Waals surface area contributed by atoms with Crippen molar-refractivity contribution in [3.8, 4) is 0 Å². The van der Waals surface area contributed by atoms with Crippen molar-refractivity contribution in [2.75, 3.05) is 10.6 Å². The van der Waals surface area contributed by atoms with Crippen molar-refractivity contribution >= 4 is 29.1 Å². The van der Waals surface area contributed by atoms with Crippen LogP contribution < -0.4 is 16.0 Å². The summed E-state index contributed by atoms with van der Waals surface area (Å²) in [5, 5.41) is 8.02. The van der Waals surface area contributed by atoms with E-state index in [0.29, 0.717) is 17.9 Å². The van der Waals surface area contributed by atoms with Crippen molar-refractivity contribution in [1.29, 1.82) is 0 Å². The summed E-state index contributed by atoms with van der Waals surface area (Å²) in [6.07, 6.45) is -0.268. The van der Waals surface area contributed by atoms with Crippen LogP contribution >= 0.6 is 0 Å². The molecule has 0 bridgehead atoms. The van der Waals surface area contributed by atoms with Crippen molar-refractivity contribution in [3.05, 3.63) is 59.7 Å². The molecule has 0 saturated carbocycles. The molecule has 25 heavy (non-hydrogen) atoms. The molecular formula is C19H21N3O3. The van der Waals surface area contributed by atoms with Gasteiger partial charge in [0.1, 0.15) is 6.42 Å². The number of hydrogen-bond donors (Lipinski definition) is 3. The lowest BCUT2D eigenvalue weighted by Crippen LogP contribution is -2.28. The van der Waals surface area contributed by atoms with E-state index in [2.05, 4.69) is 16.0 Å². The van der Waals surface area contributed by atoms with E-state index in [1.165, 1.54) is 6.92 Å². The molecule has 6 heteroatoms. The van der Waals surface area contributed by atoms with E-state index in [9.17, 15) is 14.4 Å². The Bertz CT molecular complexity index is 787. The number of carbonyl (C=O) groups excluding carboxylic acids is 3. The molecule has 0 radical (unpaired) electrons. The minimum absolute atomic E-state index is 0.195. The summed E-state index contributed by atoms with van der Waals surface area (Å²) in [5.41, 5.74) is 3.19. The molecule has 0 saturated heterocycles. The van der Waals surface area contributed by atoms with Crippen LogP contribution in [0.2, 0.25) is 0 Å². The minimum atomic E-state index is -0.415. The Hall–Kier alpha value is -3.15. The molecule has 2 aromatic rings. The van der Waals surface area contributed by atoms with E-state index in [4.69, 9.17) is 0 Å². The highest BCUT2D eigenvalue weighted by Crippen LogP contribution is 2.15. The number of amides is 3. The van der Waals surface area contributed by atoms with Crippen LogP contribution in [0.1, 0.15) is 24.5 Å². The number of rotatable bonds is 6. The van der Waals surface area contributed by atoms with Crippen LogP contribution in [0.4, 0.5) is 11.4 Å². The summed E-state index contributed by atoms with van der Waals surface area (Å²) < 4.78 is 0. The van der Waals surface area contributed by atoms with Gasteiger partial charge in [0.2, 0.25) is 17.7 Å². The molecular weight excluding hydrogens is 318 g/mol. The van der Waals surface area contributed by atoms with Crippen LogP contribution in [0.25, 0.3) is 0 Å². The smallest absolute Gasteiger partial charge is 0.233 e. The third-order valence-corrected chi connectivity index (χ3v) is 3.53. The lowest BCUT2D eigenvalue weighted by Gasteiger charge is -2.09. The second-order valence-electron chi connectivity index (χ2n) is 5.69. The molecule has 2 aromatic carbocycles. The molecule has 0 spiro atoms. The highest BCUT2D eigenvalue weighted by Gasteiger charge is 2.10. The Kier molecular flexibility index (Phi) is 6.28. The number of nitrogens with one attached hydrogen (secondary N) is 3. The molecule has 3 N–H and O–H groups in total. The topological polar surface area (TPSA) is 87.3 Å². The first kappa shape index (κ1) is 18.2. The predicted octanol–water partition coefficient (Wildman–Crippen LogP) is 2.60. The highest BCUT2D eigenvalue weighted by molar-refractivity contribution is 6.03. The minimum Gasteiger partial charge on any atom is -0.352 e. The van der Waals surface area contributed by atoms with Gasteiger partial charge >= 0.3 is 0 Å². The van der Waals surface area contributed by atoms with Crippen LogP contribution in [0.15, 0.2) is 48.5 Å². The summed E-state index contributed by atoms with van der Waals surface area (Å²) in [7, 11) is 0. The van der Waals surface area contributed by atoms with Crippen LogP contribution in [-0.4, -0.2) is 17.7 Å². The van der Waals surface area contributed by atoms with E-state index in [-0.39, 0.29) is 18.2 Å². The van der Waals surface area contributed by atoms with Crippen molar-refractivity contribution < 1.29 is 14.4 Å². The molecule has 0 aromatic heterocycles. The van der Waals surface area contributed by atoms with Crippen molar-refractivity contribution in [2.24, 2.45) is 0 Å². The van der Waals surface area contributed by atoms with Gasteiger partial charge in [0.05, 0.1) is 0 Å². The fourth-order valence-electron chi connectivity index (χ4n) is 2.29. The molecule has 2 rings (SSSR count). The van der Waals surface area contributed by atoms with Gasteiger partial charge < -0.3 is 16.0 Å². The van der Waals surface area contributed by atoms with Crippen molar-refractivity contribution in [2.45, 2.75) is 26.8 Å². The Balaban J connectivity index is 1.84. The predicted molar refractivity (Wildman–Crippen MR) is 97.0 cm³/mol. The zero-order chi connectivity index (χ0) is 18.2. The highest BCUT2D eigenvalue weighted by atomic mass is 16.2. The van der Waals surface area contributed by atoms with E-state index in [1.54, 1.807) is 24.3 Å². The van der Waals surface area contributed by atoms with Gasteiger partial charge in [0.25, 0.3) is 0 Å². The largest absolute Gasteiger partial charge is 0.352 e. The monoisotopic (exact) mass is 339 g/mol. The van der Waals surface area contributed by atoms with E-state index in [1.807, 2.05) is 31.2 Å². The van der Waals surface area contributed by atoms with Crippen LogP contribution in [-0.2, 0) is 20.9 Å². The molecule has 0 aliphatic rings. The van der Waals surface area contributed by atoms with Gasteiger partial charge in [-0.05, 0) is 36.2 Å². The Labute approximate surface area is 146 Å². The van der Waals surface area contributed by atoms with Gasteiger partial charge in [-0.1, -0.05) is 30.3 Å². The normalized spacial score (nSPS) is 10.0. The molecule has 3 amide bonds. The average Bonchev–Trinajstić information content (AvgIpc) is 2.53. The number of carbonyl (C=O) groups is 3. The van der Waals surface area contributed by atoms with Crippen molar-refractivity contribution in [3.63, 3.8) is 0 Å². The maximum atomic E-state index is 12.0. The first-order valence-corrected chi connectivity index (χ1v) is 7.93. The molecule has 0 unspecified atom stereocenters. The summed E-state index contributed by atoms with van der Waals surface area (Å²) >= 11 is 0. The molecule has 130 valence electrons. The number of aryl methyl sites for hydroxylation is 1. The SMILES string of the molecule is CC(=O)Nc1cccc(NC(=O)CC(=O)NCc2ccccc2C)c1. The molecule has 0 aliphatic heterocycles. The number of anilines is 2. The first-order valence-electron chi connectivity index (χ1n) is 7.93. The van der Waals surface area contributed by atoms with Gasteiger partial charge in [-0.25, -0.2) is 0 Å². The van der Waals surface area contributed by atoms with Crippen molar-refractivity contribution in [1.82, 2.24) is 5.32 Å². The summed E-state index contributed by atoms with van der Waals surface area (Å²) in [6, 6.07) is 14.5. The van der Waals surface area contributed by atoms with Gasteiger partial charge in [-0.3, -0.25) is 14.4 Å². The maximum absolute atomic E-state index is 12.0. The van der Waals surface area contributed by atoms with Crippen LogP contribution in [0.3, 0.4) is 0 Å². The fraction of sp³-hybridized carbons (Fsp3) is 0.211. The number of hydrogen-bond acceptors (Lipinski definition) is 3. The molecule has 0 heterocycles. The third-order valence-electron chi connectivity index (χ3n) is 3.53. The van der Waals surface area contributed by atoms with E-state index >= 15 is 0 Å². The first-order chi connectivity index (χ1) is 11.9. The molecule has 6 nitrogen and oxygen atoms in total. The van der Waals surface area contributed by atoms with Gasteiger partial charge in [-0.15, -0.1) is 0 Å². The third kappa shape index (κ3) is 6.10. The summed E-state index contributed by atoms with van der Waals surface area (Å²) in [6.45, 7) is 3.76. The van der Waals surface area contributed by atoms with Crippen LogP contribution in [0, 0.1) is 6.92 Å². The van der Waals surface area contributed by atoms with Gasteiger partial charge in [0.15, 0.2) is 0 Å². The van der Waals surface area contributed by atoms with Gasteiger partial charge in [-0.2, -0.15) is 0 Å². The Morgan fingerprint density at radius 3 is 2.24 bits per heavy atom. The molecule has 0 atom stereocenters. The standard InChI is InChI=1S/C19H21N3O3/c1-13-6-3-4-7-15(13)12-20-18(24)11-19(25)22-17-9-5-8-16(10-17)21-14(2)23/h3-10H,11-12H2,1-2H3,(H,20,24)(H,21,23)(H,22,25). The molecule has 0 aliphatic carbocycles. The quantitative estimate of drug-likeness (QED) is 0.707. The van der Waals surface area contributed by atoms with E-state index < -0.39 is 5.91 Å². The fourth-order valence-corrected chi connectivity index (χ4v) is 2.29. The second-order valence-corrected chi connectivity index (χ2v) is 5.69. The maximum Gasteiger partial charge on any atom is 0.233 e. The number of benzene rings is 2. The lowest BCUT2D eigenvalue weighted by atomic mass is 10.1. The van der Waals surface area contributed by atoms with Gasteiger partial charge in [0, 0.05) is 24.8 Å². The van der Waals surface area contributed by atoms with E-state index in [0.717, 1.165) is 11.1 Å². The zero-order valence-corrected chi connectivity index (χ0v) is 14.3. The zero-order valence-electron chi connectivity index (χ0n) is 14.3. The Morgan fingerprint density at radius 2 is 1.56 bits per heavy atom.